The van der Waals surface area contributed by atoms with Gasteiger partial charge in [-0.1, -0.05) is 29.8 Å². The molecule has 2 rings (SSSR count). The Labute approximate surface area is 140 Å². The van der Waals surface area contributed by atoms with Crippen LogP contribution in [0.3, 0.4) is 0 Å². The number of furan rings is 1. The van der Waals surface area contributed by atoms with Crippen molar-refractivity contribution in [2.75, 3.05) is 13.7 Å². The number of benzene rings is 1. The van der Waals surface area contributed by atoms with Crippen LogP contribution in [0.15, 0.2) is 40.8 Å². The quantitative estimate of drug-likeness (QED) is 0.775. The van der Waals surface area contributed by atoms with Gasteiger partial charge in [-0.05, 0) is 31.0 Å². The summed E-state index contributed by atoms with van der Waals surface area (Å²) in [6.07, 6.45) is 0.352. The van der Waals surface area contributed by atoms with Gasteiger partial charge < -0.3 is 19.6 Å². The minimum atomic E-state index is -0.948. The molecule has 0 aliphatic carbocycles. The molecular formula is C18H21NO5. The van der Waals surface area contributed by atoms with Gasteiger partial charge in [-0.2, -0.15) is 0 Å². The van der Waals surface area contributed by atoms with Gasteiger partial charge in [0.05, 0.1) is 5.92 Å². The molecule has 6 heteroatoms. The number of carboxylic acids is 1. The number of ether oxygens (including phenoxy) is 1. The zero-order valence-corrected chi connectivity index (χ0v) is 13.7. The van der Waals surface area contributed by atoms with E-state index in [1.165, 1.54) is 7.11 Å². The highest BCUT2D eigenvalue weighted by Gasteiger charge is 2.20. The largest absolute Gasteiger partial charge is 0.481 e. The van der Waals surface area contributed by atoms with E-state index in [9.17, 15) is 14.7 Å². The monoisotopic (exact) mass is 331 g/mol. The molecule has 0 fully saturated rings. The summed E-state index contributed by atoms with van der Waals surface area (Å²) in [5.41, 5.74) is 2.00. The normalized spacial score (nSPS) is 11.9. The summed E-state index contributed by atoms with van der Waals surface area (Å²) in [5.74, 6) is -1.41. The predicted octanol–water partition coefficient (Wildman–Crippen LogP) is 2.41. The van der Waals surface area contributed by atoms with E-state index in [1.54, 1.807) is 12.1 Å². The highest BCUT2D eigenvalue weighted by molar-refractivity contribution is 5.91. The fraction of sp³-hybridized carbons (Fsp3) is 0.333. The molecule has 0 bridgehead atoms. The van der Waals surface area contributed by atoms with E-state index in [0.29, 0.717) is 12.2 Å². The molecule has 6 nitrogen and oxygen atoms in total. The summed E-state index contributed by atoms with van der Waals surface area (Å²) in [4.78, 5) is 23.5. The maximum absolute atomic E-state index is 12.1. The smallest absolute Gasteiger partial charge is 0.308 e. The number of methoxy groups -OCH3 is 1. The first-order chi connectivity index (χ1) is 11.5. The van der Waals surface area contributed by atoms with E-state index >= 15 is 0 Å². The first-order valence-electron chi connectivity index (χ1n) is 7.63. The summed E-state index contributed by atoms with van der Waals surface area (Å²) in [6, 6.07) is 10.9. The highest BCUT2D eigenvalue weighted by atomic mass is 16.5. The van der Waals surface area contributed by atoms with Gasteiger partial charge in [0.2, 0.25) is 0 Å². The summed E-state index contributed by atoms with van der Waals surface area (Å²) in [6.45, 7) is 2.26. The molecule has 0 aliphatic rings. The molecule has 1 unspecified atom stereocenters. The highest BCUT2D eigenvalue weighted by Crippen LogP contribution is 2.12. The Hall–Kier alpha value is -2.60. The van der Waals surface area contributed by atoms with Crippen molar-refractivity contribution in [2.45, 2.75) is 20.0 Å². The third kappa shape index (κ3) is 4.96. The van der Waals surface area contributed by atoms with Gasteiger partial charge in [0.1, 0.15) is 12.4 Å². The van der Waals surface area contributed by atoms with Crippen LogP contribution >= 0.6 is 0 Å². The number of aliphatic carboxylic acids is 1. The number of rotatable bonds is 8. The Morgan fingerprint density at radius 2 is 2.08 bits per heavy atom. The number of carbonyl (C=O) groups is 2. The molecule has 1 aromatic heterocycles. The Kier molecular flexibility index (Phi) is 6.14. The Morgan fingerprint density at radius 1 is 1.29 bits per heavy atom. The van der Waals surface area contributed by atoms with Crippen molar-refractivity contribution in [3.8, 4) is 0 Å². The first-order valence-corrected chi connectivity index (χ1v) is 7.63. The van der Waals surface area contributed by atoms with Crippen LogP contribution in [0.2, 0.25) is 0 Å². The van der Waals surface area contributed by atoms with E-state index in [1.807, 2.05) is 31.2 Å². The average Bonchev–Trinajstić information content (AvgIpc) is 3.00. The molecule has 0 saturated carbocycles. The topological polar surface area (TPSA) is 88.8 Å². The van der Waals surface area contributed by atoms with Crippen molar-refractivity contribution in [3.63, 3.8) is 0 Å². The molecule has 2 aromatic rings. The van der Waals surface area contributed by atoms with E-state index in [2.05, 4.69) is 5.32 Å². The van der Waals surface area contributed by atoms with Gasteiger partial charge in [0.25, 0.3) is 5.91 Å². The average molecular weight is 331 g/mol. The van der Waals surface area contributed by atoms with Gasteiger partial charge in [-0.15, -0.1) is 0 Å². The SMILES string of the molecule is COCc1ccc(C(=O)NCC(Cc2cccc(C)c2)C(=O)O)o1. The summed E-state index contributed by atoms with van der Waals surface area (Å²) >= 11 is 0. The first kappa shape index (κ1) is 17.7. The minimum absolute atomic E-state index is 0.0302. The molecule has 2 N–H and O–H groups in total. The minimum Gasteiger partial charge on any atom is -0.481 e. The second-order valence-electron chi connectivity index (χ2n) is 5.64. The summed E-state index contributed by atoms with van der Waals surface area (Å²) in [5, 5.41) is 12.0. The van der Waals surface area contributed by atoms with Crippen LogP contribution in [-0.2, 0) is 22.6 Å². The Morgan fingerprint density at radius 3 is 2.75 bits per heavy atom. The fourth-order valence-electron chi connectivity index (χ4n) is 2.39. The van der Waals surface area contributed by atoms with Gasteiger partial charge in [-0.3, -0.25) is 9.59 Å². The second-order valence-corrected chi connectivity index (χ2v) is 5.64. The number of hydrogen-bond acceptors (Lipinski definition) is 4. The number of amides is 1. The van der Waals surface area contributed by atoms with Gasteiger partial charge in [0.15, 0.2) is 5.76 Å². The molecule has 1 aromatic carbocycles. The van der Waals surface area contributed by atoms with E-state index in [4.69, 9.17) is 9.15 Å². The van der Waals surface area contributed by atoms with Crippen molar-refractivity contribution >= 4 is 11.9 Å². The maximum atomic E-state index is 12.1. The predicted molar refractivity (Wildman–Crippen MR) is 87.8 cm³/mol. The molecular weight excluding hydrogens is 310 g/mol. The molecule has 1 heterocycles. The lowest BCUT2D eigenvalue weighted by atomic mass is 9.98. The number of carbonyl (C=O) groups excluding carboxylic acids is 1. The van der Waals surface area contributed by atoms with Crippen LogP contribution in [0.5, 0.6) is 0 Å². The van der Waals surface area contributed by atoms with Crippen molar-refractivity contribution in [1.82, 2.24) is 5.32 Å². The second kappa shape index (κ2) is 8.31. The van der Waals surface area contributed by atoms with E-state index < -0.39 is 17.8 Å². The van der Waals surface area contributed by atoms with Crippen molar-refractivity contribution < 1.29 is 23.8 Å². The molecule has 0 radical (unpaired) electrons. The van der Waals surface area contributed by atoms with Gasteiger partial charge in [-0.25, -0.2) is 0 Å². The fourth-order valence-corrected chi connectivity index (χ4v) is 2.39. The molecule has 128 valence electrons. The Bertz CT molecular complexity index is 707. The molecule has 24 heavy (non-hydrogen) atoms. The van der Waals surface area contributed by atoms with Crippen LogP contribution in [0, 0.1) is 12.8 Å². The van der Waals surface area contributed by atoms with E-state index in [-0.39, 0.29) is 18.9 Å². The van der Waals surface area contributed by atoms with Crippen molar-refractivity contribution in [1.29, 1.82) is 0 Å². The number of carboxylic acid groups (broad SMARTS) is 1. The lowest BCUT2D eigenvalue weighted by Crippen LogP contribution is -2.34. The third-order valence-electron chi connectivity index (χ3n) is 3.59. The lowest BCUT2D eigenvalue weighted by Gasteiger charge is -2.13. The molecule has 0 spiro atoms. The zero-order chi connectivity index (χ0) is 17.5. The number of aryl methyl sites for hydroxylation is 1. The van der Waals surface area contributed by atoms with Gasteiger partial charge in [0, 0.05) is 13.7 Å². The summed E-state index contributed by atoms with van der Waals surface area (Å²) < 4.78 is 10.3. The zero-order valence-electron chi connectivity index (χ0n) is 13.7. The number of nitrogens with one attached hydrogen (secondary N) is 1. The van der Waals surface area contributed by atoms with E-state index in [0.717, 1.165) is 11.1 Å². The van der Waals surface area contributed by atoms with Crippen LogP contribution in [0.25, 0.3) is 0 Å². The molecule has 0 saturated heterocycles. The molecule has 1 amide bonds. The molecule has 0 aliphatic heterocycles. The third-order valence-corrected chi connectivity index (χ3v) is 3.59. The van der Waals surface area contributed by atoms with Crippen molar-refractivity contribution in [3.05, 3.63) is 59.0 Å². The lowest BCUT2D eigenvalue weighted by molar-refractivity contribution is -0.141. The maximum Gasteiger partial charge on any atom is 0.308 e. The summed E-state index contributed by atoms with van der Waals surface area (Å²) in [7, 11) is 1.53. The van der Waals surface area contributed by atoms with Crippen LogP contribution in [-0.4, -0.2) is 30.6 Å². The van der Waals surface area contributed by atoms with Crippen molar-refractivity contribution in [2.24, 2.45) is 5.92 Å². The number of hydrogen-bond donors (Lipinski definition) is 2. The van der Waals surface area contributed by atoms with Crippen LogP contribution < -0.4 is 5.32 Å². The van der Waals surface area contributed by atoms with Crippen LogP contribution in [0.1, 0.15) is 27.4 Å². The molecule has 1 atom stereocenters. The standard InChI is InChI=1S/C18H21NO5/c1-12-4-3-5-13(8-12)9-14(18(21)22)10-19-17(20)16-7-6-15(24-16)11-23-2/h3-8,14H,9-11H2,1-2H3,(H,19,20)(H,21,22). The van der Waals surface area contributed by atoms with Gasteiger partial charge >= 0.3 is 5.97 Å². The van der Waals surface area contributed by atoms with Crippen LogP contribution in [0.4, 0.5) is 0 Å². The Balaban J connectivity index is 1.95.